The monoisotopic (exact) mass is 358 g/mol. The Hall–Kier alpha value is -1.88. The van der Waals surface area contributed by atoms with Crippen LogP contribution in [0.15, 0.2) is 29.6 Å². The van der Waals surface area contributed by atoms with Crippen molar-refractivity contribution < 1.29 is 9.53 Å². The van der Waals surface area contributed by atoms with Crippen LogP contribution in [-0.2, 0) is 17.9 Å². The summed E-state index contributed by atoms with van der Waals surface area (Å²) in [4.78, 5) is 19.1. The van der Waals surface area contributed by atoms with Crippen molar-refractivity contribution in [2.24, 2.45) is 11.8 Å². The van der Waals surface area contributed by atoms with Crippen LogP contribution in [0.2, 0.25) is 0 Å². The van der Waals surface area contributed by atoms with E-state index >= 15 is 0 Å². The molecule has 1 fully saturated rings. The number of hydrogen-bond acceptors (Lipinski definition) is 4. The number of aryl methyl sites for hydroxylation is 1. The number of carbonyl (C=O) groups is 1. The highest BCUT2D eigenvalue weighted by molar-refractivity contribution is 7.09. The zero-order valence-corrected chi connectivity index (χ0v) is 16.0. The number of nitrogens with zero attached hydrogens (tertiary/aromatic N) is 2. The number of thiazole rings is 1. The number of carbonyl (C=O) groups excluding carboxylic acids is 1. The van der Waals surface area contributed by atoms with E-state index in [-0.39, 0.29) is 5.92 Å². The van der Waals surface area contributed by atoms with Gasteiger partial charge in [-0.3, -0.25) is 4.79 Å². The zero-order chi connectivity index (χ0) is 17.8. The molecule has 1 aliphatic rings. The molecule has 1 aliphatic carbocycles. The van der Waals surface area contributed by atoms with Gasteiger partial charge in [0.15, 0.2) is 0 Å². The second kappa shape index (κ2) is 8.00. The summed E-state index contributed by atoms with van der Waals surface area (Å²) in [6, 6.07) is 8.02. The Morgan fingerprint density at radius 3 is 2.68 bits per heavy atom. The van der Waals surface area contributed by atoms with Gasteiger partial charge < -0.3 is 9.64 Å². The summed E-state index contributed by atoms with van der Waals surface area (Å²) in [5.74, 6) is 1.86. The normalized spacial score (nSPS) is 13.9. The summed E-state index contributed by atoms with van der Waals surface area (Å²) in [6.45, 7) is 8.22. The molecule has 1 aromatic carbocycles. The summed E-state index contributed by atoms with van der Waals surface area (Å²) in [6.07, 6.45) is 2.08. The summed E-state index contributed by atoms with van der Waals surface area (Å²) in [5.41, 5.74) is 2.18. The van der Waals surface area contributed by atoms with E-state index in [2.05, 4.69) is 25.8 Å². The predicted octanol–water partition coefficient (Wildman–Crippen LogP) is 4.43. The fourth-order valence-corrected chi connectivity index (χ4v) is 3.42. The fourth-order valence-electron chi connectivity index (χ4n) is 2.72. The molecule has 0 bridgehead atoms. The topological polar surface area (TPSA) is 42.4 Å². The Bertz CT molecular complexity index is 705. The molecule has 0 spiro atoms. The Balaban J connectivity index is 1.57. The van der Waals surface area contributed by atoms with Crippen molar-refractivity contribution in [1.82, 2.24) is 9.88 Å². The van der Waals surface area contributed by atoms with Crippen LogP contribution in [-0.4, -0.2) is 22.3 Å². The molecule has 0 atom stereocenters. The van der Waals surface area contributed by atoms with Crippen molar-refractivity contribution in [1.29, 1.82) is 0 Å². The van der Waals surface area contributed by atoms with E-state index in [1.807, 2.05) is 34.5 Å². The molecule has 5 heteroatoms. The lowest BCUT2D eigenvalue weighted by Crippen LogP contribution is -2.34. The van der Waals surface area contributed by atoms with Gasteiger partial charge in [0, 0.05) is 17.8 Å². The zero-order valence-electron chi connectivity index (χ0n) is 15.2. The molecule has 3 rings (SSSR count). The molecular formula is C20H26N2O2S. The van der Waals surface area contributed by atoms with E-state index in [0.29, 0.717) is 25.0 Å². The van der Waals surface area contributed by atoms with E-state index < -0.39 is 0 Å². The quantitative estimate of drug-likeness (QED) is 0.701. The smallest absolute Gasteiger partial charge is 0.226 e. The summed E-state index contributed by atoms with van der Waals surface area (Å²) in [5, 5.41) is 2.99. The number of ether oxygens (including phenoxy) is 1. The second-order valence-corrected chi connectivity index (χ2v) is 8.16. The lowest BCUT2D eigenvalue weighted by Gasteiger charge is -2.23. The van der Waals surface area contributed by atoms with Crippen LogP contribution in [0, 0.1) is 18.8 Å². The van der Waals surface area contributed by atoms with Gasteiger partial charge in [0.05, 0.1) is 12.2 Å². The minimum atomic E-state index is 0.252. The highest BCUT2D eigenvalue weighted by Crippen LogP contribution is 2.32. The molecule has 1 heterocycles. The van der Waals surface area contributed by atoms with Crippen molar-refractivity contribution >= 4 is 17.2 Å². The Morgan fingerprint density at radius 2 is 2.04 bits per heavy atom. The number of rotatable bonds is 8. The first-order valence-corrected chi connectivity index (χ1v) is 9.80. The van der Waals surface area contributed by atoms with Crippen molar-refractivity contribution in [3.8, 4) is 5.75 Å². The van der Waals surface area contributed by atoms with Crippen molar-refractivity contribution in [2.75, 3.05) is 6.54 Å². The van der Waals surface area contributed by atoms with E-state index in [9.17, 15) is 4.79 Å². The highest BCUT2D eigenvalue weighted by atomic mass is 32.1. The number of hydrogen-bond donors (Lipinski definition) is 0. The van der Waals surface area contributed by atoms with Crippen LogP contribution >= 0.6 is 11.3 Å². The van der Waals surface area contributed by atoms with Crippen LogP contribution < -0.4 is 4.74 Å². The van der Waals surface area contributed by atoms with E-state index in [0.717, 1.165) is 35.8 Å². The maximum atomic E-state index is 12.5. The molecule has 2 aromatic rings. The third kappa shape index (κ3) is 5.30. The van der Waals surface area contributed by atoms with Gasteiger partial charge >= 0.3 is 0 Å². The summed E-state index contributed by atoms with van der Waals surface area (Å²) < 4.78 is 5.79. The molecular weight excluding hydrogens is 332 g/mol. The number of amides is 1. The minimum absolute atomic E-state index is 0.252. The van der Waals surface area contributed by atoms with E-state index in [1.54, 1.807) is 11.3 Å². The predicted molar refractivity (Wildman–Crippen MR) is 101 cm³/mol. The molecule has 0 N–H and O–H groups in total. The first-order valence-electron chi connectivity index (χ1n) is 8.93. The Morgan fingerprint density at radius 1 is 1.32 bits per heavy atom. The lowest BCUT2D eigenvalue weighted by atomic mass is 10.2. The van der Waals surface area contributed by atoms with Gasteiger partial charge in [-0.2, -0.15) is 0 Å². The van der Waals surface area contributed by atoms with Crippen molar-refractivity contribution in [3.63, 3.8) is 0 Å². The molecule has 1 saturated carbocycles. The molecule has 0 unspecified atom stereocenters. The number of benzene rings is 1. The highest BCUT2D eigenvalue weighted by Gasteiger charge is 2.33. The van der Waals surface area contributed by atoms with Gasteiger partial charge in [-0.1, -0.05) is 31.5 Å². The van der Waals surface area contributed by atoms with Gasteiger partial charge in [0.1, 0.15) is 17.4 Å². The van der Waals surface area contributed by atoms with E-state index in [4.69, 9.17) is 4.74 Å². The van der Waals surface area contributed by atoms with Crippen LogP contribution in [0.1, 0.15) is 43.0 Å². The van der Waals surface area contributed by atoms with Crippen molar-refractivity contribution in [3.05, 3.63) is 45.9 Å². The van der Waals surface area contributed by atoms with Gasteiger partial charge in [-0.15, -0.1) is 11.3 Å². The summed E-state index contributed by atoms with van der Waals surface area (Å²) in [7, 11) is 0. The average Bonchev–Trinajstić information content (AvgIpc) is 3.33. The van der Waals surface area contributed by atoms with Crippen LogP contribution in [0.3, 0.4) is 0 Å². The Kier molecular flexibility index (Phi) is 5.74. The first kappa shape index (κ1) is 17.9. The lowest BCUT2D eigenvalue weighted by molar-refractivity contribution is -0.133. The van der Waals surface area contributed by atoms with Crippen molar-refractivity contribution in [2.45, 2.75) is 46.8 Å². The largest absolute Gasteiger partial charge is 0.486 e. The Labute approximate surface area is 153 Å². The molecule has 1 amide bonds. The van der Waals surface area contributed by atoms with E-state index in [1.165, 1.54) is 5.56 Å². The molecule has 4 nitrogen and oxygen atoms in total. The third-order valence-corrected chi connectivity index (χ3v) is 5.03. The molecule has 0 aliphatic heterocycles. The average molecular weight is 359 g/mol. The fraction of sp³-hybridized carbons (Fsp3) is 0.500. The molecule has 25 heavy (non-hydrogen) atoms. The third-order valence-electron chi connectivity index (χ3n) is 4.16. The number of aromatic nitrogens is 1. The van der Waals surface area contributed by atoms with Gasteiger partial charge in [0.2, 0.25) is 5.91 Å². The summed E-state index contributed by atoms with van der Waals surface area (Å²) >= 11 is 1.59. The first-order chi connectivity index (χ1) is 12.0. The molecule has 1 aromatic heterocycles. The van der Waals surface area contributed by atoms with Gasteiger partial charge in [-0.25, -0.2) is 4.98 Å². The maximum absolute atomic E-state index is 12.5. The molecule has 134 valence electrons. The van der Waals surface area contributed by atoms with Gasteiger partial charge in [-0.05, 0) is 37.8 Å². The standard InChI is InChI=1S/C20H26N2O2S/c1-14(2)10-22(20(23)16-6-7-16)11-17-13-25-19(21-17)12-24-18-8-4-15(3)5-9-18/h4-5,8-9,13-14,16H,6-7,10-12H2,1-3H3. The maximum Gasteiger partial charge on any atom is 0.226 e. The van der Waals surface area contributed by atoms with Crippen LogP contribution in [0.25, 0.3) is 0 Å². The molecule has 0 saturated heterocycles. The van der Waals surface area contributed by atoms with Gasteiger partial charge in [0.25, 0.3) is 0 Å². The van der Waals surface area contributed by atoms with Crippen LogP contribution in [0.5, 0.6) is 5.75 Å². The minimum Gasteiger partial charge on any atom is -0.486 e. The molecule has 0 radical (unpaired) electrons. The van der Waals surface area contributed by atoms with Crippen LogP contribution in [0.4, 0.5) is 0 Å². The SMILES string of the molecule is Cc1ccc(OCc2nc(CN(CC(C)C)C(=O)C3CC3)cs2)cc1. The second-order valence-electron chi connectivity index (χ2n) is 7.22.